The molecule has 0 fully saturated rings. The molecule has 0 aliphatic carbocycles. The molecule has 0 aliphatic rings. The van der Waals surface area contributed by atoms with Crippen LogP contribution in [-0.2, 0) is 0 Å². The van der Waals surface area contributed by atoms with E-state index in [0.29, 0.717) is 34.3 Å². The average molecular weight is 373 g/mol. The molecule has 2 aromatic carbocycles. The van der Waals surface area contributed by atoms with Crippen molar-refractivity contribution in [2.75, 3.05) is 19.1 Å². The highest BCUT2D eigenvalue weighted by atomic mass is 16.5. The molecule has 0 N–H and O–H groups in total. The lowest BCUT2D eigenvalue weighted by Gasteiger charge is -2.19. The zero-order valence-corrected chi connectivity index (χ0v) is 15.8. The third kappa shape index (κ3) is 3.07. The van der Waals surface area contributed by atoms with Gasteiger partial charge in [0.25, 0.3) is 0 Å². The van der Waals surface area contributed by atoms with Crippen LogP contribution in [0.15, 0.2) is 60.8 Å². The number of nitrogens with zero attached hydrogens (tertiary/aromatic N) is 5. The number of aryl methyl sites for hydroxylation is 1. The second-order valence-electron chi connectivity index (χ2n) is 6.32. The molecule has 4 aromatic rings. The van der Waals surface area contributed by atoms with Crippen LogP contribution in [0.1, 0.15) is 21.7 Å². The van der Waals surface area contributed by atoms with Crippen molar-refractivity contribution < 1.29 is 9.53 Å². The Kier molecular flexibility index (Phi) is 4.49. The molecule has 0 saturated carbocycles. The van der Waals surface area contributed by atoms with Crippen LogP contribution in [0.5, 0.6) is 5.75 Å². The highest BCUT2D eigenvalue weighted by Gasteiger charge is 2.20. The summed E-state index contributed by atoms with van der Waals surface area (Å²) in [4.78, 5) is 23.9. The third-order valence-corrected chi connectivity index (χ3v) is 4.50. The van der Waals surface area contributed by atoms with Gasteiger partial charge >= 0.3 is 0 Å². The summed E-state index contributed by atoms with van der Waals surface area (Å²) in [5.41, 5.74) is 2.41. The van der Waals surface area contributed by atoms with Crippen LogP contribution in [-0.4, -0.2) is 39.5 Å². The van der Waals surface area contributed by atoms with Gasteiger partial charge in [0.15, 0.2) is 11.4 Å². The van der Waals surface area contributed by atoms with Gasteiger partial charge in [-0.25, -0.2) is 4.98 Å². The number of benzene rings is 2. The van der Waals surface area contributed by atoms with Crippen molar-refractivity contribution in [1.29, 1.82) is 0 Å². The predicted octanol–water partition coefficient (Wildman–Crippen LogP) is 3.44. The lowest BCUT2D eigenvalue weighted by Crippen LogP contribution is -2.17. The number of hydrogen-bond acceptors (Lipinski definition) is 6. The average Bonchev–Trinajstić information content (AvgIpc) is 3.16. The van der Waals surface area contributed by atoms with Gasteiger partial charge < -0.3 is 9.64 Å². The summed E-state index contributed by atoms with van der Waals surface area (Å²) >= 11 is 0. The van der Waals surface area contributed by atoms with Crippen LogP contribution in [0, 0.1) is 6.92 Å². The lowest BCUT2D eigenvalue weighted by atomic mass is 10.1. The number of rotatable bonds is 5. The Bertz CT molecular complexity index is 1140. The first-order valence-corrected chi connectivity index (χ1v) is 8.78. The number of carbonyl (C=O) groups excluding carboxylic acids is 1. The Balaban J connectivity index is 1.79. The first-order valence-electron chi connectivity index (χ1n) is 8.78. The van der Waals surface area contributed by atoms with Gasteiger partial charge in [0.2, 0.25) is 5.95 Å². The van der Waals surface area contributed by atoms with E-state index in [-0.39, 0.29) is 5.78 Å². The van der Waals surface area contributed by atoms with Gasteiger partial charge in [-0.1, -0.05) is 18.2 Å². The minimum Gasteiger partial charge on any atom is -0.497 e. The summed E-state index contributed by atoms with van der Waals surface area (Å²) in [7, 11) is 3.50. The van der Waals surface area contributed by atoms with Crippen LogP contribution in [0.25, 0.3) is 5.65 Å². The molecule has 0 amide bonds. The van der Waals surface area contributed by atoms with E-state index in [2.05, 4.69) is 15.1 Å². The molecular formula is C21H19N5O2. The molecule has 7 nitrogen and oxygen atoms in total. The normalized spacial score (nSPS) is 10.8. The summed E-state index contributed by atoms with van der Waals surface area (Å²) in [6, 6.07) is 16.8. The van der Waals surface area contributed by atoms with Crippen molar-refractivity contribution in [2.24, 2.45) is 0 Å². The molecule has 4 rings (SSSR count). The van der Waals surface area contributed by atoms with Crippen molar-refractivity contribution in [3.8, 4) is 5.75 Å². The number of ketones is 1. The van der Waals surface area contributed by atoms with Gasteiger partial charge in [-0.2, -0.15) is 14.6 Å². The summed E-state index contributed by atoms with van der Waals surface area (Å²) < 4.78 is 6.75. The van der Waals surface area contributed by atoms with Crippen LogP contribution < -0.4 is 9.64 Å². The van der Waals surface area contributed by atoms with Crippen LogP contribution >= 0.6 is 0 Å². The minimum atomic E-state index is -0.149. The predicted molar refractivity (Wildman–Crippen MR) is 106 cm³/mol. The summed E-state index contributed by atoms with van der Waals surface area (Å²) in [6.45, 7) is 1.80. The second-order valence-corrected chi connectivity index (χ2v) is 6.32. The molecule has 2 aromatic heterocycles. The largest absolute Gasteiger partial charge is 0.497 e. The van der Waals surface area contributed by atoms with E-state index in [1.165, 1.54) is 0 Å². The topological polar surface area (TPSA) is 72.6 Å². The maximum Gasteiger partial charge on any atom is 0.234 e. The van der Waals surface area contributed by atoms with Crippen molar-refractivity contribution >= 4 is 23.1 Å². The van der Waals surface area contributed by atoms with E-state index < -0.39 is 0 Å². The zero-order valence-electron chi connectivity index (χ0n) is 15.8. The second kappa shape index (κ2) is 7.11. The highest BCUT2D eigenvalue weighted by molar-refractivity contribution is 6.12. The van der Waals surface area contributed by atoms with E-state index in [4.69, 9.17) is 4.74 Å². The Hall–Kier alpha value is -3.74. The fourth-order valence-corrected chi connectivity index (χ4v) is 3.01. The number of anilines is 2. The van der Waals surface area contributed by atoms with E-state index >= 15 is 0 Å². The molecule has 0 aliphatic heterocycles. The number of fused-ring (bicyclic) bond motifs is 1. The number of ether oxygens (including phenoxy) is 1. The van der Waals surface area contributed by atoms with Crippen LogP contribution in [0.3, 0.4) is 0 Å². The summed E-state index contributed by atoms with van der Waals surface area (Å²) in [5, 5.41) is 4.39. The number of methoxy groups -OCH3 is 1. The molecular weight excluding hydrogens is 354 g/mol. The summed E-state index contributed by atoms with van der Waals surface area (Å²) in [6.07, 6.45) is 1.54. The smallest absolute Gasteiger partial charge is 0.234 e. The molecule has 7 heteroatoms. The molecule has 0 unspecified atom stereocenters. The van der Waals surface area contributed by atoms with Crippen molar-refractivity contribution in [3.05, 3.63) is 77.7 Å². The van der Waals surface area contributed by atoms with Gasteiger partial charge in [0.05, 0.1) is 18.9 Å². The molecule has 0 bridgehead atoms. The Morgan fingerprint density at radius 3 is 2.43 bits per heavy atom. The number of carbonyl (C=O) groups is 1. The molecule has 0 atom stereocenters. The molecule has 140 valence electrons. The van der Waals surface area contributed by atoms with Crippen LogP contribution in [0.2, 0.25) is 0 Å². The zero-order chi connectivity index (χ0) is 19.7. The lowest BCUT2D eigenvalue weighted by molar-refractivity contribution is 0.104. The fourth-order valence-electron chi connectivity index (χ4n) is 3.01. The maximum absolute atomic E-state index is 13.0. The SMILES string of the molecule is COc1ccc(C(=O)c2cnn3c(N(C)c4ccccc4)nc(C)nc23)cc1. The van der Waals surface area contributed by atoms with Gasteiger partial charge in [-0.15, -0.1) is 0 Å². The molecule has 0 radical (unpaired) electrons. The highest BCUT2D eigenvalue weighted by Crippen LogP contribution is 2.24. The first-order chi connectivity index (χ1) is 13.6. The third-order valence-electron chi connectivity index (χ3n) is 4.50. The Morgan fingerprint density at radius 2 is 1.75 bits per heavy atom. The maximum atomic E-state index is 13.0. The number of para-hydroxylation sites is 1. The van der Waals surface area contributed by atoms with Gasteiger partial charge in [-0.3, -0.25) is 4.79 Å². The van der Waals surface area contributed by atoms with Gasteiger partial charge in [-0.05, 0) is 43.3 Å². The monoisotopic (exact) mass is 373 g/mol. The number of aromatic nitrogens is 4. The van der Waals surface area contributed by atoms with E-state index in [0.717, 1.165) is 5.69 Å². The van der Waals surface area contributed by atoms with Crippen molar-refractivity contribution in [1.82, 2.24) is 19.6 Å². The van der Waals surface area contributed by atoms with E-state index in [1.807, 2.05) is 42.3 Å². The van der Waals surface area contributed by atoms with Crippen LogP contribution in [0.4, 0.5) is 11.6 Å². The molecule has 28 heavy (non-hydrogen) atoms. The van der Waals surface area contributed by atoms with Crippen molar-refractivity contribution in [2.45, 2.75) is 6.92 Å². The summed E-state index contributed by atoms with van der Waals surface area (Å²) in [5.74, 6) is 1.70. The first kappa shape index (κ1) is 17.7. The van der Waals surface area contributed by atoms with E-state index in [1.54, 1.807) is 49.0 Å². The quantitative estimate of drug-likeness (QED) is 0.499. The minimum absolute atomic E-state index is 0.149. The fraction of sp³-hybridized carbons (Fsp3) is 0.143. The molecule has 0 saturated heterocycles. The van der Waals surface area contributed by atoms with Gasteiger partial charge in [0.1, 0.15) is 11.6 Å². The van der Waals surface area contributed by atoms with E-state index in [9.17, 15) is 4.79 Å². The standard InChI is InChI=1S/C21H19N5O2/c1-14-23-20-18(19(27)15-9-11-17(28-3)12-10-15)13-22-26(20)21(24-14)25(2)16-7-5-4-6-8-16/h4-13H,1-3H3. The molecule has 2 heterocycles. The molecule has 0 spiro atoms. The van der Waals surface area contributed by atoms with Crippen molar-refractivity contribution in [3.63, 3.8) is 0 Å². The number of hydrogen-bond donors (Lipinski definition) is 0. The Labute approximate surface area is 162 Å². The van der Waals surface area contributed by atoms with Gasteiger partial charge in [0, 0.05) is 18.3 Å². The Morgan fingerprint density at radius 1 is 1.04 bits per heavy atom.